The minimum Gasteiger partial charge on any atom is -0.369 e. The second-order valence-corrected chi connectivity index (χ2v) is 7.85. The third kappa shape index (κ3) is 3.09. The first-order chi connectivity index (χ1) is 11.4. The molecule has 0 aliphatic carbocycles. The molecule has 3 aromatic rings. The van der Waals surface area contributed by atoms with Crippen LogP contribution in [-0.2, 0) is 4.79 Å². The van der Waals surface area contributed by atoms with E-state index in [1.165, 1.54) is 22.5 Å². The van der Waals surface area contributed by atoms with Crippen LogP contribution in [0.5, 0.6) is 0 Å². The number of amides is 1. The number of carbonyl (C=O) groups excluding carboxylic acids is 1. The summed E-state index contributed by atoms with van der Waals surface area (Å²) in [5, 5.41) is 2.49. The third-order valence-corrected chi connectivity index (χ3v) is 5.80. The molecule has 0 saturated heterocycles. The second-order valence-electron chi connectivity index (χ2n) is 5.66. The van der Waals surface area contributed by atoms with Crippen LogP contribution in [0.4, 0.5) is 0 Å². The molecule has 3 N–H and O–H groups in total. The standard InChI is InChI=1S/C17H17N3O2S2/c1-8-4-5-11(6-9(8)2)12-7-23-16-13(12)15(22)19-17(20-16)24-10(3)14(18)21/h4-7,10H,1-3H3,(H2,18,21)(H,19,20,22). The van der Waals surface area contributed by atoms with Crippen LogP contribution < -0.4 is 11.3 Å². The summed E-state index contributed by atoms with van der Waals surface area (Å²) in [5.74, 6) is -0.440. The van der Waals surface area contributed by atoms with Crippen molar-refractivity contribution in [2.45, 2.75) is 31.2 Å². The van der Waals surface area contributed by atoms with Gasteiger partial charge in [0.1, 0.15) is 4.83 Å². The highest BCUT2D eigenvalue weighted by atomic mass is 32.2. The maximum absolute atomic E-state index is 12.5. The van der Waals surface area contributed by atoms with Crippen molar-refractivity contribution in [3.63, 3.8) is 0 Å². The van der Waals surface area contributed by atoms with Gasteiger partial charge in [-0.2, -0.15) is 0 Å². The van der Waals surface area contributed by atoms with E-state index in [2.05, 4.69) is 35.9 Å². The Labute approximate surface area is 147 Å². The Morgan fingerprint density at radius 3 is 2.75 bits per heavy atom. The number of carbonyl (C=O) groups is 1. The van der Waals surface area contributed by atoms with Gasteiger partial charge >= 0.3 is 0 Å². The van der Waals surface area contributed by atoms with Gasteiger partial charge in [-0.05, 0) is 37.5 Å². The van der Waals surface area contributed by atoms with Crippen LogP contribution in [-0.4, -0.2) is 21.1 Å². The highest BCUT2D eigenvalue weighted by Gasteiger charge is 2.16. The van der Waals surface area contributed by atoms with Crippen molar-refractivity contribution in [3.05, 3.63) is 45.1 Å². The molecule has 2 aromatic heterocycles. The highest BCUT2D eigenvalue weighted by molar-refractivity contribution is 8.00. The monoisotopic (exact) mass is 359 g/mol. The van der Waals surface area contributed by atoms with Gasteiger partial charge in [0.2, 0.25) is 5.91 Å². The first kappa shape index (κ1) is 16.7. The number of nitrogens with two attached hydrogens (primary N) is 1. The fraction of sp³-hybridized carbons (Fsp3) is 0.235. The van der Waals surface area contributed by atoms with E-state index in [1.807, 2.05) is 11.4 Å². The maximum Gasteiger partial charge on any atom is 0.260 e. The molecule has 124 valence electrons. The minimum absolute atomic E-state index is 0.200. The fourth-order valence-corrected chi connectivity index (χ4v) is 4.08. The second kappa shape index (κ2) is 6.41. The number of hydrogen-bond donors (Lipinski definition) is 2. The number of hydrogen-bond acceptors (Lipinski definition) is 5. The molecule has 0 spiro atoms. The highest BCUT2D eigenvalue weighted by Crippen LogP contribution is 2.32. The van der Waals surface area contributed by atoms with Crippen molar-refractivity contribution in [1.82, 2.24) is 9.97 Å². The van der Waals surface area contributed by atoms with Gasteiger partial charge < -0.3 is 10.7 Å². The van der Waals surface area contributed by atoms with Gasteiger partial charge in [-0.25, -0.2) is 4.98 Å². The van der Waals surface area contributed by atoms with Crippen LogP contribution in [0.3, 0.4) is 0 Å². The van der Waals surface area contributed by atoms with Crippen LogP contribution in [0, 0.1) is 13.8 Å². The molecular weight excluding hydrogens is 342 g/mol. The topological polar surface area (TPSA) is 88.8 Å². The summed E-state index contributed by atoms with van der Waals surface area (Å²) < 4.78 is 0. The van der Waals surface area contributed by atoms with E-state index < -0.39 is 11.2 Å². The van der Waals surface area contributed by atoms with E-state index in [9.17, 15) is 9.59 Å². The Hall–Kier alpha value is -2.12. The summed E-state index contributed by atoms with van der Waals surface area (Å²) >= 11 is 2.58. The van der Waals surface area contributed by atoms with Crippen LogP contribution in [0.2, 0.25) is 0 Å². The van der Waals surface area contributed by atoms with Gasteiger partial charge in [-0.15, -0.1) is 11.3 Å². The first-order valence-electron chi connectivity index (χ1n) is 7.42. The van der Waals surface area contributed by atoms with Gasteiger partial charge in [-0.3, -0.25) is 9.59 Å². The number of primary amides is 1. The average Bonchev–Trinajstić information content (AvgIpc) is 2.94. The Kier molecular flexibility index (Phi) is 4.47. The number of nitrogens with one attached hydrogen (secondary N) is 1. The first-order valence-corrected chi connectivity index (χ1v) is 9.18. The summed E-state index contributed by atoms with van der Waals surface area (Å²) in [5.41, 5.74) is 9.34. The van der Waals surface area contributed by atoms with Gasteiger partial charge in [0, 0.05) is 10.9 Å². The van der Waals surface area contributed by atoms with Crippen LogP contribution in [0.1, 0.15) is 18.1 Å². The van der Waals surface area contributed by atoms with E-state index in [0.717, 1.165) is 22.9 Å². The van der Waals surface area contributed by atoms with Crippen molar-refractivity contribution < 1.29 is 4.79 Å². The molecule has 24 heavy (non-hydrogen) atoms. The molecule has 2 heterocycles. The Balaban J connectivity index is 2.08. The number of aromatic nitrogens is 2. The van der Waals surface area contributed by atoms with E-state index in [-0.39, 0.29) is 5.56 Å². The molecule has 1 atom stereocenters. The number of aromatic amines is 1. The van der Waals surface area contributed by atoms with Crippen LogP contribution in [0.25, 0.3) is 21.3 Å². The molecule has 0 bridgehead atoms. The number of nitrogens with zero attached hydrogens (tertiary/aromatic N) is 1. The molecule has 7 heteroatoms. The largest absolute Gasteiger partial charge is 0.369 e. The van der Waals surface area contributed by atoms with Crippen molar-refractivity contribution in [1.29, 1.82) is 0 Å². The maximum atomic E-state index is 12.5. The number of benzene rings is 1. The molecule has 0 saturated carbocycles. The van der Waals surface area contributed by atoms with Gasteiger partial charge in [-0.1, -0.05) is 30.0 Å². The average molecular weight is 359 g/mol. The summed E-state index contributed by atoms with van der Waals surface area (Å²) in [6.07, 6.45) is 0. The summed E-state index contributed by atoms with van der Waals surface area (Å²) in [6, 6.07) is 6.14. The van der Waals surface area contributed by atoms with E-state index >= 15 is 0 Å². The SMILES string of the molecule is Cc1ccc(-c2csc3nc(SC(C)C(N)=O)[nH]c(=O)c23)cc1C. The zero-order chi connectivity index (χ0) is 17.4. The quantitative estimate of drug-likeness (QED) is 0.553. The predicted octanol–water partition coefficient (Wildman–Crippen LogP) is 3.23. The number of H-pyrrole nitrogens is 1. The van der Waals surface area contributed by atoms with Crippen LogP contribution >= 0.6 is 23.1 Å². The zero-order valence-corrected chi connectivity index (χ0v) is 15.2. The number of aryl methyl sites for hydroxylation is 2. The van der Waals surface area contributed by atoms with E-state index in [0.29, 0.717) is 15.4 Å². The molecule has 0 aliphatic heterocycles. The van der Waals surface area contributed by atoms with Crippen LogP contribution in [0.15, 0.2) is 33.5 Å². The summed E-state index contributed by atoms with van der Waals surface area (Å²) in [4.78, 5) is 31.6. The third-order valence-electron chi connectivity index (χ3n) is 3.93. The normalized spacial score (nSPS) is 12.5. The number of thioether (sulfide) groups is 1. The lowest BCUT2D eigenvalue weighted by atomic mass is 10.0. The van der Waals surface area contributed by atoms with E-state index in [4.69, 9.17) is 5.73 Å². The molecule has 0 fully saturated rings. The molecule has 1 unspecified atom stereocenters. The van der Waals surface area contributed by atoms with Gasteiger partial charge in [0.15, 0.2) is 5.16 Å². The molecule has 3 rings (SSSR count). The van der Waals surface area contributed by atoms with Gasteiger partial charge in [0.05, 0.1) is 10.6 Å². The minimum atomic E-state index is -0.454. The Morgan fingerprint density at radius 2 is 2.08 bits per heavy atom. The van der Waals surface area contributed by atoms with Crippen molar-refractivity contribution >= 4 is 39.2 Å². The number of fused-ring (bicyclic) bond motifs is 1. The van der Waals surface area contributed by atoms with Gasteiger partial charge in [0.25, 0.3) is 5.56 Å². The Bertz CT molecular complexity index is 991. The summed E-state index contributed by atoms with van der Waals surface area (Å²) in [7, 11) is 0. The fourth-order valence-electron chi connectivity index (χ4n) is 2.33. The molecule has 0 aliphatic rings. The molecule has 1 amide bonds. The predicted molar refractivity (Wildman–Crippen MR) is 99.7 cm³/mol. The molecular formula is C17H17N3O2S2. The lowest BCUT2D eigenvalue weighted by Gasteiger charge is -2.06. The van der Waals surface area contributed by atoms with Crippen molar-refractivity contribution in [2.24, 2.45) is 5.73 Å². The van der Waals surface area contributed by atoms with E-state index in [1.54, 1.807) is 6.92 Å². The molecule has 5 nitrogen and oxygen atoms in total. The smallest absolute Gasteiger partial charge is 0.260 e. The molecule has 0 radical (unpaired) electrons. The number of thiophene rings is 1. The lowest BCUT2D eigenvalue weighted by Crippen LogP contribution is -2.23. The lowest BCUT2D eigenvalue weighted by molar-refractivity contribution is -0.117. The zero-order valence-electron chi connectivity index (χ0n) is 13.5. The summed E-state index contributed by atoms with van der Waals surface area (Å²) in [6.45, 7) is 5.80. The Morgan fingerprint density at radius 1 is 1.33 bits per heavy atom. The van der Waals surface area contributed by atoms with Crippen molar-refractivity contribution in [3.8, 4) is 11.1 Å². The number of rotatable bonds is 4. The van der Waals surface area contributed by atoms with Crippen molar-refractivity contribution in [2.75, 3.05) is 0 Å². The molecule has 1 aromatic carbocycles.